The molecule has 0 saturated carbocycles. The number of carbonyl (C=O) groups is 1. The number of carbonyl (C=O) groups excluding carboxylic acids is 1. The summed E-state index contributed by atoms with van der Waals surface area (Å²) < 4.78 is 0.593. The first kappa shape index (κ1) is 15.3. The number of halogens is 1. The predicted molar refractivity (Wildman–Crippen MR) is 96.2 cm³/mol. The number of rotatable bonds is 3. The van der Waals surface area contributed by atoms with Gasteiger partial charge in [0.2, 0.25) is 5.91 Å². The van der Waals surface area contributed by atoms with Crippen molar-refractivity contribution < 1.29 is 10.0 Å². The standard InChI is InChI=1S/C17H17IN2O2/c1-11(21)20(22)15-7-5-13(6-8-15)19-14-4-2-12-3-9-17(18)16(12)10-14/h2,4-8,10,17,19,22H,3,9H2,1H3. The number of benzene rings is 2. The number of hydroxylamine groups is 1. The van der Waals surface area contributed by atoms with Crippen LogP contribution in [0.2, 0.25) is 0 Å². The minimum absolute atomic E-state index is 0.410. The van der Waals surface area contributed by atoms with E-state index in [9.17, 15) is 10.0 Å². The topological polar surface area (TPSA) is 52.6 Å². The van der Waals surface area contributed by atoms with Crippen molar-refractivity contribution in [2.75, 3.05) is 10.4 Å². The number of fused-ring (bicyclic) bond motifs is 1. The Morgan fingerprint density at radius 3 is 2.59 bits per heavy atom. The van der Waals surface area contributed by atoms with Crippen LogP contribution in [0.25, 0.3) is 0 Å². The molecule has 0 heterocycles. The number of anilines is 3. The molecule has 2 aromatic carbocycles. The second kappa shape index (κ2) is 6.26. The Balaban J connectivity index is 1.76. The fraction of sp³-hybridized carbons (Fsp3) is 0.235. The second-order valence-corrected chi connectivity index (χ2v) is 6.93. The van der Waals surface area contributed by atoms with Gasteiger partial charge in [-0.1, -0.05) is 28.7 Å². The van der Waals surface area contributed by atoms with Gasteiger partial charge in [-0.2, -0.15) is 5.06 Å². The van der Waals surface area contributed by atoms with E-state index in [0.717, 1.165) is 17.8 Å². The quantitative estimate of drug-likeness (QED) is 0.338. The molecule has 0 saturated heterocycles. The number of hydrogen-bond donors (Lipinski definition) is 2. The number of nitrogens with one attached hydrogen (secondary N) is 1. The molecule has 1 unspecified atom stereocenters. The predicted octanol–water partition coefficient (Wildman–Crippen LogP) is 4.59. The zero-order valence-corrected chi connectivity index (χ0v) is 14.4. The van der Waals surface area contributed by atoms with Gasteiger partial charge in [0.05, 0.1) is 5.69 Å². The Morgan fingerprint density at radius 1 is 1.23 bits per heavy atom. The number of alkyl halides is 1. The van der Waals surface area contributed by atoms with Crippen LogP contribution in [-0.2, 0) is 11.2 Å². The highest BCUT2D eigenvalue weighted by Crippen LogP contribution is 2.39. The highest BCUT2D eigenvalue weighted by Gasteiger charge is 2.19. The van der Waals surface area contributed by atoms with Gasteiger partial charge in [-0.25, -0.2) is 0 Å². The zero-order chi connectivity index (χ0) is 15.7. The molecule has 114 valence electrons. The molecular formula is C17H17IN2O2. The van der Waals surface area contributed by atoms with E-state index >= 15 is 0 Å². The average Bonchev–Trinajstić information content (AvgIpc) is 2.88. The summed E-state index contributed by atoms with van der Waals surface area (Å²) >= 11 is 2.50. The molecule has 0 spiro atoms. The molecule has 2 aromatic rings. The lowest BCUT2D eigenvalue weighted by Crippen LogP contribution is -2.23. The van der Waals surface area contributed by atoms with Gasteiger partial charge in [-0.3, -0.25) is 10.0 Å². The third-order valence-corrected chi connectivity index (χ3v) is 5.14. The normalized spacial score (nSPS) is 16.2. The molecule has 0 fully saturated rings. The van der Waals surface area contributed by atoms with Crippen molar-refractivity contribution in [2.45, 2.75) is 23.7 Å². The lowest BCUT2D eigenvalue weighted by atomic mass is 10.1. The number of amides is 1. The van der Waals surface area contributed by atoms with Crippen molar-refractivity contribution in [3.63, 3.8) is 0 Å². The summed E-state index contributed by atoms with van der Waals surface area (Å²) in [5.41, 5.74) is 5.29. The molecular weight excluding hydrogens is 391 g/mol. The van der Waals surface area contributed by atoms with Crippen LogP contribution < -0.4 is 10.4 Å². The van der Waals surface area contributed by atoms with Gasteiger partial charge in [-0.15, -0.1) is 0 Å². The van der Waals surface area contributed by atoms with E-state index in [0.29, 0.717) is 14.7 Å². The Morgan fingerprint density at radius 2 is 1.91 bits per heavy atom. The molecule has 5 heteroatoms. The first-order valence-corrected chi connectivity index (χ1v) is 8.43. The van der Waals surface area contributed by atoms with Gasteiger partial charge in [0, 0.05) is 22.2 Å². The van der Waals surface area contributed by atoms with Crippen LogP contribution >= 0.6 is 22.6 Å². The summed E-state index contributed by atoms with van der Waals surface area (Å²) in [4.78, 5) is 11.1. The Hall–Kier alpha value is -1.60. The van der Waals surface area contributed by atoms with Crippen molar-refractivity contribution >= 4 is 45.6 Å². The van der Waals surface area contributed by atoms with Crippen LogP contribution in [0.1, 0.15) is 28.4 Å². The summed E-state index contributed by atoms with van der Waals surface area (Å²) in [5.74, 6) is -0.410. The van der Waals surface area contributed by atoms with Crippen LogP contribution in [-0.4, -0.2) is 11.1 Å². The summed E-state index contributed by atoms with van der Waals surface area (Å²) in [6, 6.07) is 13.6. The molecule has 1 amide bonds. The smallest absolute Gasteiger partial charge is 0.247 e. The number of hydrogen-bond acceptors (Lipinski definition) is 3. The summed E-state index contributed by atoms with van der Waals surface area (Å²) in [7, 11) is 0. The van der Waals surface area contributed by atoms with Crippen LogP contribution in [0.3, 0.4) is 0 Å². The highest BCUT2D eigenvalue weighted by atomic mass is 127. The van der Waals surface area contributed by atoms with Gasteiger partial charge in [0.1, 0.15) is 0 Å². The lowest BCUT2D eigenvalue weighted by molar-refractivity contribution is -0.121. The summed E-state index contributed by atoms with van der Waals surface area (Å²) in [6.45, 7) is 1.32. The van der Waals surface area contributed by atoms with E-state index in [1.807, 2.05) is 12.1 Å². The van der Waals surface area contributed by atoms with Crippen molar-refractivity contribution in [3.05, 3.63) is 53.6 Å². The molecule has 0 radical (unpaired) electrons. The van der Waals surface area contributed by atoms with E-state index in [1.54, 1.807) is 12.1 Å². The van der Waals surface area contributed by atoms with E-state index in [-0.39, 0.29) is 0 Å². The maximum atomic E-state index is 11.1. The molecule has 0 aromatic heterocycles. The third kappa shape index (κ3) is 3.10. The Bertz CT molecular complexity index is 700. The molecule has 0 aliphatic heterocycles. The Labute approximate surface area is 143 Å². The lowest BCUT2D eigenvalue weighted by Gasteiger charge is -2.14. The van der Waals surface area contributed by atoms with Crippen molar-refractivity contribution in [3.8, 4) is 0 Å². The maximum absolute atomic E-state index is 11.1. The Kier molecular flexibility index (Phi) is 4.35. The van der Waals surface area contributed by atoms with E-state index in [1.165, 1.54) is 24.5 Å². The summed E-state index contributed by atoms with van der Waals surface area (Å²) in [6.07, 6.45) is 2.38. The maximum Gasteiger partial charge on any atom is 0.247 e. The van der Waals surface area contributed by atoms with Gasteiger partial charge in [0.15, 0.2) is 0 Å². The van der Waals surface area contributed by atoms with Crippen LogP contribution in [0.5, 0.6) is 0 Å². The minimum Gasteiger partial charge on any atom is -0.356 e. The molecule has 2 N–H and O–H groups in total. The monoisotopic (exact) mass is 408 g/mol. The fourth-order valence-electron chi connectivity index (χ4n) is 2.66. The first-order chi connectivity index (χ1) is 10.5. The molecule has 0 bridgehead atoms. The average molecular weight is 408 g/mol. The van der Waals surface area contributed by atoms with Gasteiger partial charge >= 0.3 is 0 Å². The number of aryl methyl sites for hydroxylation is 1. The molecule has 4 nitrogen and oxygen atoms in total. The fourth-order valence-corrected chi connectivity index (χ4v) is 3.56. The highest BCUT2D eigenvalue weighted by molar-refractivity contribution is 14.1. The summed E-state index contributed by atoms with van der Waals surface area (Å²) in [5, 5.41) is 13.6. The zero-order valence-electron chi connectivity index (χ0n) is 12.2. The van der Waals surface area contributed by atoms with Crippen LogP contribution in [0.15, 0.2) is 42.5 Å². The van der Waals surface area contributed by atoms with Gasteiger partial charge < -0.3 is 5.32 Å². The van der Waals surface area contributed by atoms with Crippen molar-refractivity contribution in [2.24, 2.45) is 0 Å². The van der Waals surface area contributed by atoms with Crippen LogP contribution in [0.4, 0.5) is 17.1 Å². The largest absolute Gasteiger partial charge is 0.356 e. The van der Waals surface area contributed by atoms with Gasteiger partial charge in [-0.05, 0) is 60.4 Å². The SMILES string of the molecule is CC(=O)N(O)c1ccc(Nc2ccc3c(c2)C(I)CC3)cc1. The first-order valence-electron chi connectivity index (χ1n) is 7.18. The van der Waals surface area contributed by atoms with E-state index in [4.69, 9.17) is 0 Å². The molecule has 1 aliphatic carbocycles. The van der Waals surface area contributed by atoms with Crippen LogP contribution in [0, 0.1) is 0 Å². The van der Waals surface area contributed by atoms with E-state index < -0.39 is 5.91 Å². The number of nitrogens with zero attached hydrogens (tertiary/aromatic N) is 1. The van der Waals surface area contributed by atoms with Crippen molar-refractivity contribution in [1.82, 2.24) is 0 Å². The van der Waals surface area contributed by atoms with Gasteiger partial charge in [0.25, 0.3) is 0 Å². The second-order valence-electron chi connectivity index (χ2n) is 5.42. The minimum atomic E-state index is -0.410. The molecule has 22 heavy (non-hydrogen) atoms. The van der Waals surface area contributed by atoms with E-state index in [2.05, 4.69) is 46.1 Å². The third-order valence-electron chi connectivity index (χ3n) is 3.85. The molecule has 1 aliphatic rings. The van der Waals surface area contributed by atoms with Crippen molar-refractivity contribution in [1.29, 1.82) is 0 Å². The molecule has 1 atom stereocenters. The molecule has 3 rings (SSSR count).